The van der Waals surface area contributed by atoms with Crippen LogP contribution in [0.4, 0.5) is 0 Å². The Bertz CT molecular complexity index is 573. The highest BCUT2D eigenvalue weighted by Crippen LogP contribution is 2.24. The van der Waals surface area contributed by atoms with Crippen molar-refractivity contribution in [2.24, 2.45) is 0 Å². The normalized spacial score (nSPS) is 11.1. The fraction of sp³-hybridized carbons (Fsp3) is 0.188. The van der Waals surface area contributed by atoms with Crippen molar-refractivity contribution in [2.75, 3.05) is 0 Å². The van der Waals surface area contributed by atoms with Crippen LogP contribution in [0, 0.1) is 20.8 Å². The fourth-order valence-corrected chi connectivity index (χ4v) is 2.95. The maximum atomic E-state index is 12.3. The zero-order valence-corrected chi connectivity index (χ0v) is 11.9. The Kier molecular flexibility index (Phi) is 3.93. The third-order valence-electron chi connectivity index (χ3n) is 3.33. The van der Waals surface area contributed by atoms with Crippen molar-refractivity contribution < 1.29 is 4.79 Å². The molecule has 2 heteroatoms. The molecule has 1 nitrogen and oxygen atoms in total. The summed E-state index contributed by atoms with van der Waals surface area (Å²) in [5.41, 5.74) is 4.66. The molecule has 0 aliphatic heterocycles. The minimum absolute atomic E-state index is 0.206. The van der Waals surface area contributed by atoms with E-state index in [0.29, 0.717) is 0 Å². The second-order valence-corrected chi connectivity index (χ2v) is 5.78. The van der Waals surface area contributed by atoms with Gasteiger partial charge in [0.2, 0.25) is 0 Å². The first-order valence-corrected chi connectivity index (χ1v) is 7.03. The molecule has 92 valence electrons. The Morgan fingerprint density at radius 3 is 2.22 bits per heavy atom. The molecule has 1 unspecified atom stereocenters. The molecular formula is C16H17OP. The third-order valence-corrected chi connectivity index (χ3v) is 4.45. The molecule has 1 atom stereocenters. The van der Waals surface area contributed by atoms with Crippen molar-refractivity contribution in [3.05, 3.63) is 64.7 Å². The van der Waals surface area contributed by atoms with Gasteiger partial charge in [0.1, 0.15) is 0 Å². The Balaban J connectivity index is 2.28. The van der Waals surface area contributed by atoms with E-state index in [0.717, 1.165) is 16.4 Å². The summed E-state index contributed by atoms with van der Waals surface area (Å²) >= 11 is 0. The van der Waals surface area contributed by atoms with E-state index >= 15 is 0 Å². The highest BCUT2D eigenvalue weighted by molar-refractivity contribution is 7.66. The van der Waals surface area contributed by atoms with Crippen molar-refractivity contribution in [1.29, 1.82) is 0 Å². The van der Waals surface area contributed by atoms with Gasteiger partial charge in [-0.15, -0.1) is 0 Å². The van der Waals surface area contributed by atoms with Crippen LogP contribution in [0.2, 0.25) is 0 Å². The summed E-state index contributed by atoms with van der Waals surface area (Å²) in [6, 6.07) is 13.9. The molecule has 0 spiro atoms. The van der Waals surface area contributed by atoms with Gasteiger partial charge in [0.15, 0.2) is 5.52 Å². The van der Waals surface area contributed by atoms with E-state index in [9.17, 15) is 4.79 Å². The summed E-state index contributed by atoms with van der Waals surface area (Å²) in [6.45, 7) is 6.19. The minimum atomic E-state index is 0.206. The monoisotopic (exact) mass is 256 g/mol. The van der Waals surface area contributed by atoms with Crippen LogP contribution in [0.5, 0.6) is 0 Å². The number of carbonyl (C=O) groups excluding carboxylic acids is 1. The van der Waals surface area contributed by atoms with E-state index in [-0.39, 0.29) is 14.1 Å². The smallest absolute Gasteiger partial charge is 0.185 e. The van der Waals surface area contributed by atoms with Crippen molar-refractivity contribution >= 4 is 19.4 Å². The lowest BCUT2D eigenvalue weighted by atomic mass is 10.00. The SMILES string of the molecule is Cc1ccc(C(=O)Pc2ccccc2)c(C)c1C. The maximum absolute atomic E-state index is 12.3. The van der Waals surface area contributed by atoms with Crippen LogP contribution in [0.15, 0.2) is 42.5 Å². The number of carbonyl (C=O) groups is 1. The molecule has 0 aliphatic carbocycles. The van der Waals surface area contributed by atoms with Crippen LogP contribution in [-0.2, 0) is 0 Å². The highest BCUT2D eigenvalue weighted by atomic mass is 31.1. The third kappa shape index (κ3) is 2.68. The maximum Gasteiger partial charge on any atom is 0.185 e. The Morgan fingerprint density at radius 1 is 0.889 bits per heavy atom. The van der Waals surface area contributed by atoms with Crippen LogP contribution in [0.1, 0.15) is 27.0 Å². The van der Waals surface area contributed by atoms with Crippen molar-refractivity contribution in [3.8, 4) is 0 Å². The lowest BCUT2D eigenvalue weighted by molar-refractivity contribution is 0.108. The average Bonchev–Trinajstić information content (AvgIpc) is 2.37. The molecule has 0 heterocycles. The van der Waals surface area contributed by atoms with E-state index in [4.69, 9.17) is 0 Å². The summed E-state index contributed by atoms with van der Waals surface area (Å²) in [6.07, 6.45) is 0. The molecule has 0 saturated heterocycles. The first-order chi connectivity index (χ1) is 8.59. The second-order valence-electron chi connectivity index (χ2n) is 4.50. The topological polar surface area (TPSA) is 17.1 Å². The molecule has 0 saturated carbocycles. The number of hydrogen-bond donors (Lipinski definition) is 0. The minimum Gasteiger partial charge on any atom is -0.289 e. The zero-order valence-electron chi connectivity index (χ0n) is 10.9. The molecule has 0 radical (unpaired) electrons. The standard InChI is InChI=1S/C16H17OP/c1-11-9-10-15(13(3)12(11)2)16(17)18-14-7-5-4-6-8-14/h4-10,18H,1-3H3. The van der Waals surface area contributed by atoms with Crippen molar-refractivity contribution in [2.45, 2.75) is 20.8 Å². The van der Waals surface area contributed by atoms with Crippen LogP contribution in [0.3, 0.4) is 0 Å². The van der Waals surface area contributed by atoms with Gasteiger partial charge in [-0.05, 0) is 51.3 Å². The molecule has 0 aromatic heterocycles. The summed E-state index contributed by atoms with van der Waals surface area (Å²) in [7, 11) is 0.206. The van der Waals surface area contributed by atoms with Gasteiger partial charge in [-0.3, -0.25) is 4.79 Å². The Hall–Kier alpha value is -1.46. The van der Waals surface area contributed by atoms with Gasteiger partial charge in [0.25, 0.3) is 0 Å². The molecule has 0 aliphatic rings. The van der Waals surface area contributed by atoms with Gasteiger partial charge in [0.05, 0.1) is 0 Å². The molecule has 2 aromatic rings. The van der Waals surface area contributed by atoms with Gasteiger partial charge in [-0.1, -0.05) is 42.5 Å². The first kappa shape index (κ1) is 13.0. The predicted octanol–water partition coefficient (Wildman–Crippen LogP) is 3.76. The molecule has 0 fully saturated rings. The largest absolute Gasteiger partial charge is 0.289 e. The summed E-state index contributed by atoms with van der Waals surface area (Å²) in [4.78, 5) is 12.3. The number of benzene rings is 2. The molecule has 0 N–H and O–H groups in total. The molecule has 2 aromatic carbocycles. The highest BCUT2D eigenvalue weighted by Gasteiger charge is 2.12. The van der Waals surface area contributed by atoms with Gasteiger partial charge in [-0.2, -0.15) is 0 Å². The van der Waals surface area contributed by atoms with Gasteiger partial charge >= 0.3 is 0 Å². The molecular weight excluding hydrogens is 239 g/mol. The lowest BCUT2D eigenvalue weighted by Crippen LogP contribution is -2.03. The lowest BCUT2D eigenvalue weighted by Gasteiger charge is -2.10. The van der Waals surface area contributed by atoms with Gasteiger partial charge in [0, 0.05) is 5.56 Å². The van der Waals surface area contributed by atoms with Crippen LogP contribution >= 0.6 is 8.58 Å². The Morgan fingerprint density at radius 2 is 1.56 bits per heavy atom. The summed E-state index contributed by atoms with van der Waals surface area (Å²) in [5.74, 6) is 0. The van der Waals surface area contributed by atoms with Gasteiger partial charge in [-0.25, -0.2) is 0 Å². The molecule has 18 heavy (non-hydrogen) atoms. The molecule has 0 bridgehead atoms. The average molecular weight is 256 g/mol. The summed E-state index contributed by atoms with van der Waals surface area (Å²) in [5, 5.41) is 1.10. The van der Waals surface area contributed by atoms with E-state index in [1.807, 2.05) is 49.4 Å². The van der Waals surface area contributed by atoms with E-state index in [1.165, 1.54) is 11.1 Å². The summed E-state index contributed by atoms with van der Waals surface area (Å²) < 4.78 is 0. The number of hydrogen-bond acceptors (Lipinski definition) is 1. The van der Waals surface area contributed by atoms with Gasteiger partial charge < -0.3 is 0 Å². The number of aryl methyl sites for hydroxylation is 1. The van der Waals surface area contributed by atoms with Crippen LogP contribution in [0.25, 0.3) is 0 Å². The second kappa shape index (κ2) is 5.46. The van der Waals surface area contributed by atoms with Crippen molar-refractivity contribution in [3.63, 3.8) is 0 Å². The zero-order chi connectivity index (χ0) is 13.1. The van der Waals surface area contributed by atoms with Crippen molar-refractivity contribution in [1.82, 2.24) is 0 Å². The molecule has 0 amide bonds. The van der Waals surface area contributed by atoms with E-state index in [1.54, 1.807) is 0 Å². The van der Waals surface area contributed by atoms with Crippen LogP contribution < -0.4 is 5.30 Å². The Labute approximate surface area is 110 Å². The van der Waals surface area contributed by atoms with E-state index in [2.05, 4.69) is 13.8 Å². The fourth-order valence-electron chi connectivity index (χ4n) is 1.92. The van der Waals surface area contributed by atoms with Crippen LogP contribution in [-0.4, -0.2) is 5.52 Å². The quantitative estimate of drug-likeness (QED) is 0.764. The van der Waals surface area contributed by atoms with E-state index < -0.39 is 0 Å². The first-order valence-electron chi connectivity index (χ1n) is 6.03. The predicted molar refractivity (Wildman–Crippen MR) is 79.4 cm³/mol. The number of rotatable bonds is 3. The molecule has 2 rings (SSSR count).